The summed E-state index contributed by atoms with van der Waals surface area (Å²) in [6.45, 7) is 0. The van der Waals surface area contributed by atoms with Crippen LogP contribution in [0, 0.1) is 0 Å². The van der Waals surface area contributed by atoms with Crippen LogP contribution in [0.15, 0.2) is 30.3 Å². The molecule has 0 amide bonds. The number of aromatic amines is 1. The molecule has 66 valence electrons. The number of carboxylic acids is 1. The van der Waals surface area contributed by atoms with Gasteiger partial charge in [0.05, 0.1) is 0 Å². The average molecular weight is 181 g/mol. The molecule has 1 aromatic heterocycles. The zero-order chi connectivity index (χ0) is 9.26. The molecule has 1 heterocycles. The summed E-state index contributed by atoms with van der Waals surface area (Å²) in [5.74, 6) is -1.06. The van der Waals surface area contributed by atoms with E-state index in [-0.39, 0.29) is 25.3 Å². The van der Waals surface area contributed by atoms with Crippen LogP contribution in [0.3, 0.4) is 0 Å². The van der Waals surface area contributed by atoms with Gasteiger partial charge in [-0.3, -0.25) is 0 Å². The fraction of sp³-hybridized carbons (Fsp3) is 0.100. The Labute approximate surface area is 93.3 Å². The second-order valence-corrected chi connectivity index (χ2v) is 2.93. The summed E-state index contributed by atoms with van der Waals surface area (Å²) in [6.07, 6.45) is -0.0608. The fourth-order valence-corrected chi connectivity index (χ4v) is 1.38. The van der Waals surface area contributed by atoms with Crippen LogP contribution in [0.2, 0.25) is 0 Å². The van der Waals surface area contributed by atoms with Gasteiger partial charge in [0, 0.05) is 23.6 Å². The van der Waals surface area contributed by atoms with Crippen LogP contribution in [0.5, 0.6) is 0 Å². The summed E-state index contributed by atoms with van der Waals surface area (Å²) in [5, 5.41) is 11.3. The van der Waals surface area contributed by atoms with E-state index in [0.717, 1.165) is 10.9 Å². The Morgan fingerprint density at radius 3 is 2.71 bits per heavy atom. The van der Waals surface area contributed by atoms with Crippen molar-refractivity contribution in [1.29, 1.82) is 0 Å². The van der Waals surface area contributed by atoms with E-state index in [1.807, 2.05) is 30.3 Å². The van der Waals surface area contributed by atoms with Crippen molar-refractivity contribution in [2.24, 2.45) is 0 Å². The molecular formula is C10H8LiNO2. The second-order valence-electron chi connectivity index (χ2n) is 2.93. The molecule has 0 saturated heterocycles. The first-order valence-electron chi connectivity index (χ1n) is 4.02. The number of carboxylic acid groups (broad SMARTS) is 1. The van der Waals surface area contributed by atoms with Gasteiger partial charge in [-0.1, -0.05) is 18.2 Å². The van der Waals surface area contributed by atoms with E-state index in [1.165, 1.54) is 0 Å². The van der Waals surface area contributed by atoms with E-state index < -0.39 is 5.97 Å². The Morgan fingerprint density at radius 1 is 1.36 bits per heavy atom. The molecule has 2 rings (SSSR count). The quantitative estimate of drug-likeness (QED) is 0.519. The Bertz CT molecular complexity index is 417. The van der Waals surface area contributed by atoms with E-state index in [1.54, 1.807) is 0 Å². The van der Waals surface area contributed by atoms with E-state index >= 15 is 0 Å². The van der Waals surface area contributed by atoms with Gasteiger partial charge >= 0.3 is 18.9 Å². The fourth-order valence-electron chi connectivity index (χ4n) is 1.38. The van der Waals surface area contributed by atoms with Gasteiger partial charge in [-0.05, 0) is 17.5 Å². The number of carbonyl (C=O) groups is 1. The summed E-state index contributed by atoms with van der Waals surface area (Å²) in [5.41, 5.74) is 1.64. The van der Waals surface area contributed by atoms with Crippen LogP contribution < -0.4 is 24.0 Å². The number of hydrogen-bond acceptors (Lipinski definition) is 2. The van der Waals surface area contributed by atoms with Gasteiger partial charge in [-0.2, -0.15) is 0 Å². The molecule has 0 spiro atoms. The topological polar surface area (TPSA) is 55.9 Å². The summed E-state index contributed by atoms with van der Waals surface area (Å²) in [6, 6.07) is 9.49. The number of nitrogens with one attached hydrogen (secondary N) is 1. The minimum Gasteiger partial charge on any atom is -0.550 e. The zero-order valence-corrected chi connectivity index (χ0v) is 7.91. The summed E-state index contributed by atoms with van der Waals surface area (Å²) in [7, 11) is 0. The number of para-hydroxylation sites is 1. The molecular weight excluding hydrogens is 173 g/mol. The maximum atomic E-state index is 10.3. The van der Waals surface area contributed by atoms with Crippen LogP contribution >= 0.6 is 0 Å². The summed E-state index contributed by atoms with van der Waals surface area (Å²) < 4.78 is 0. The van der Waals surface area contributed by atoms with E-state index in [2.05, 4.69) is 4.98 Å². The maximum Gasteiger partial charge on any atom is 1.00 e. The van der Waals surface area contributed by atoms with Crippen molar-refractivity contribution in [2.75, 3.05) is 0 Å². The van der Waals surface area contributed by atoms with Gasteiger partial charge in [0.2, 0.25) is 0 Å². The molecule has 4 heteroatoms. The summed E-state index contributed by atoms with van der Waals surface area (Å²) in [4.78, 5) is 13.3. The number of rotatable bonds is 2. The van der Waals surface area contributed by atoms with Crippen molar-refractivity contribution in [1.82, 2.24) is 4.98 Å². The molecule has 2 aromatic rings. The molecule has 0 atom stereocenters. The molecule has 0 aliphatic heterocycles. The van der Waals surface area contributed by atoms with Crippen molar-refractivity contribution in [3.05, 3.63) is 36.0 Å². The average Bonchev–Trinajstić information content (AvgIpc) is 2.44. The molecule has 0 aliphatic rings. The molecule has 1 N–H and O–H groups in total. The molecule has 0 fully saturated rings. The minimum absolute atomic E-state index is 0. The number of benzene rings is 1. The van der Waals surface area contributed by atoms with Gasteiger partial charge in [-0.25, -0.2) is 0 Å². The Hall–Kier alpha value is -1.17. The molecule has 1 aromatic carbocycles. The third kappa shape index (κ3) is 2.19. The van der Waals surface area contributed by atoms with E-state index in [4.69, 9.17) is 0 Å². The predicted molar refractivity (Wildman–Crippen MR) is 47.0 cm³/mol. The van der Waals surface area contributed by atoms with Gasteiger partial charge in [-0.15, -0.1) is 0 Å². The van der Waals surface area contributed by atoms with Crippen molar-refractivity contribution in [2.45, 2.75) is 6.42 Å². The van der Waals surface area contributed by atoms with Crippen LogP contribution in [0.4, 0.5) is 0 Å². The molecule has 0 unspecified atom stereocenters. The van der Waals surface area contributed by atoms with Crippen LogP contribution in [0.25, 0.3) is 10.9 Å². The van der Waals surface area contributed by atoms with Crippen LogP contribution in [0.1, 0.15) is 5.69 Å². The van der Waals surface area contributed by atoms with Crippen molar-refractivity contribution >= 4 is 16.9 Å². The zero-order valence-electron chi connectivity index (χ0n) is 7.91. The van der Waals surface area contributed by atoms with Crippen LogP contribution in [-0.4, -0.2) is 11.0 Å². The molecule has 0 radical (unpaired) electrons. The molecule has 14 heavy (non-hydrogen) atoms. The number of aromatic nitrogens is 1. The van der Waals surface area contributed by atoms with E-state index in [9.17, 15) is 9.90 Å². The largest absolute Gasteiger partial charge is 1.00 e. The Morgan fingerprint density at radius 2 is 2.07 bits per heavy atom. The number of hydrogen-bond donors (Lipinski definition) is 1. The van der Waals surface area contributed by atoms with Crippen molar-refractivity contribution in [3.63, 3.8) is 0 Å². The minimum atomic E-state index is -1.06. The van der Waals surface area contributed by atoms with Gasteiger partial charge in [0.25, 0.3) is 0 Å². The number of aliphatic carboxylic acids is 1. The number of fused-ring (bicyclic) bond motifs is 1. The van der Waals surface area contributed by atoms with E-state index in [0.29, 0.717) is 5.69 Å². The number of H-pyrrole nitrogens is 1. The first-order valence-corrected chi connectivity index (χ1v) is 4.02. The molecule has 0 aliphatic carbocycles. The smallest absolute Gasteiger partial charge is 0.550 e. The van der Waals surface area contributed by atoms with Crippen molar-refractivity contribution < 1.29 is 28.8 Å². The third-order valence-electron chi connectivity index (χ3n) is 1.92. The monoisotopic (exact) mass is 181 g/mol. The van der Waals surface area contributed by atoms with Crippen LogP contribution in [-0.2, 0) is 11.2 Å². The normalized spacial score (nSPS) is 9.71. The second kappa shape index (κ2) is 4.36. The molecule has 3 nitrogen and oxygen atoms in total. The molecule has 0 saturated carbocycles. The SMILES string of the molecule is O=C([O-])Cc1cc2ccccc2[nH]1.[Li+]. The van der Waals surface area contributed by atoms with Gasteiger partial charge < -0.3 is 14.9 Å². The third-order valence-corrected chi connectivity index (χ3v) is 1.92. The van der Waals surface area contributed by atoms with Gasteiger partial charge in [0.1, 0.15) is 0 Å². The van der Waals surface area contributed by atoms with Crippen molar-refractivity contribution in [3.8, 4) is 0 Å². The van der Waals surface area contributed by atoms with Gasteiger partial charge in [0.15, 0.2) is 0 Å². The first-order chi connectivity index (χ1) is 6.25. The number of carbonyl (C=O) groups excluding carboxylic acids is 1. The molecule has 0 bridgehead atoms. The Balaban J connectivity index is 0.000000980. The predicted octanol–water partition coefficient (Wildman–Crippen LogP) is -2.54. The summed E-state index contributed by atoms with van der Waals surface area (Å²) >= 11 is 0. The Kier molecular flexibility index (Phi) is 3.40. The standard InChI is InChI=1S/C10H9NO2.Li/c12-10(13)6-8-5-7-3-1-2-4-9(7)11-8;/h1-5,11H,6H2,(H,12,13);/q;+1/p-1. The maximum absolute atomic E-state index is 10.3. The first kappa shape index (κ1) is 10.9.